The third kappa shape index (κ3) is 4.05. The Morgan fingerprint density at radius 2 is 1.62 bits per heavy atom. The molecule has 1 aliphatic carbocycles. The maximum atomic E-state index is 13.2. The first-order valence-corrected chi connectivity index (χ1v) is 12.9. The zero-order valence-corrected chi connectivity index (χ0v) is 19.8. The number of nitrogens with zero attached hydrogens (tertiary/aromatic N) is 4. The quantitative estimate of drug-likeness (QED) is 0.573. The molecule has 0 spiro atoms. The summed E-state index contributed by atoms with van der Waals surface area (Å²) in [5.74, 6) is -0.482. The second-order valence-electron chi connectivity index (χ2n) is 8.73. The molecular weight excluding hydrogens is 452 g/mol. The number of hydrogen-bond donors (Lipinski definition) is 0. The van der Waals surface area contributed by atoms with Crippen LogP contribution in [-0.2, 0) is 22.9 Å². The number of sulfonamides is 1. The molecule has 0 unspecified atom stereocenters. The molecule has 2 aromatic carbocycles. The lowest BCUT2D eigenvalue weighted by atomic mass is 10.1. The van der Waals surface area contributed by atoms with Crippen LogP contribution in [0.25, 0.3) is 5.69 Å². The van der Waals surface area contributed by atoms with E-state index in [1.54, 1.807) is 23.7 Å². The molecule has 0 saturated carbocycles. The van der Waals surface area contributed by atoms with Gasteiger partial charge in [0.25, 0.3) is 5.91 Å². The van der Waals surface area contributed by atoms with E-state index < -0.39 is 21.4 Å². The minimum Gasteiger partial charge on any atom is -0.334 e. The van der Waals surface area contributed by atoms with Crippen LogP contribution in [0, 0.1) is 6.92 Å². The third-order valence-electron chi connectivity index (χ3n) is 6.54. The van der Waals surface area contributed by atoms with E-state index >= 15 is 0 Å². The van der Waals surface area contributed by atoms with Crippen molar-refractivity contribution in [1.29, 1.82) is 0 Å². The first-order chi connectivity index (χ1) is 16.3. The number of carbonyl (C=O) groups excluding carboxylic acids is 1. The second-order valence-corrected chi connectivity index (χ2v) is 10.7. The predicted molar refractivity (Wildman–Crippen MR) is 128 cm³/mol. The van der Waals surface area contributed by atoms with Gasteiger partial charge < -0.3 is 4.90 Å². The molecule has 0 atom stereocenters. The van der Waals surface area contributed by atoms with E-state index in [-0.39, 0.29) is 31.9 Å². The molecule has 1 saturated heterocycles. The lowest BCUT2D eigenvalue weighted by Gasteiger charge is -2.33. The van der Waals surface area contributed by atoms with Crippen LogP contribution in [0.15, 0.2) is 64.3 Å². The summed E-state index contributed by atoms with van der Waals surface area (Å²) in [6.07, 6.45) is 2.96. The van der Waals surface area contributed by atoms with E-state index in [2.05, 4.69) is 5.10 Å². The number of para-hydroxylation sites is 1. The van der Waals surface area contributed by atoms with Crippen molar-refractivity contribution in [3.63, 3.8) is 0 Å². The van der Waals surface area contributed by atoms with Gasteiger partial charge in [-0.25, -0.2) is 13.1 Å². The standard InChI is InChI=1S/C25H26N4O4S/c1-18-16-23(30)24(26-29(18)21-8-3-2-4-9-21)25(31)27-12-14-28(15-13-27)34(32,33)22-11-10-19-6-5-7-20(19)17-22/h2-4,8-11,16-17H,5-7,12-15H2,1H3. The molecule has 0 N–H and O–H groups in total. The third-order valence-corrected chi connectivity index (χ3v) is 8.44. The van der Waals surface area contributed by atoms with Crippen LogP contribution in [-0.4, -0.2) is 59.5 Å². The van der Waals surface area contributed by atoms with Crippen molar-refractivity contribution in [3.8, 4) is 5.69 Å². The molecule has 2 aliphatic rings. The summed E-state index contributed by atoms with van der Waals surface area (Å²) in [7, 11) is -3.64. The first-order valence-electron chi connectivity index (χ1n) is 11.4. The van der Waals surface area contributed by atoms with Crippen molar-refractivity contribution in [2.75, 3.05) is 26.2 Å². The highest BCUT2D eigenvalue weighted by Gasteiger charge is 2.32. The van der Waals surface area contributed by atoms with Gasteiger partial charge in [0.15, 0.2) is 5.69 Å². The van der Waals surface area contributed by atoms with Crippen LogP contribution >= 0.6 is 0 Å². The van der Waals surface area contributed by atoms with Crippen LogP contribution in [0.2, 0.25) is 0 Å². The van der Waals surface area contributed by atoms with Gasteiger partial charge in [-0.05, 0) is 61.6 Å². The van der Waals surface area contributed by atoms with Crippen molar-refractivity contribution in [2.45, 2.75) is 31.1 Å². The lowest BCUT2D eigenvalue weighted by Crippen LogP contribution is -2.51. The molecular formula is C25H26N4O4S. The molecule has 8 nitrogen and oxygen atoms in total. The van der Waals surface area contributed by atoms with Crippen LogP contribution in [0.4, 0.5) is 0 Å². The highest BCUT2D eigenvalue weighted by Crippen LogP contribution is 2.27. The van der Waals surface area contributed by atoms with Gasteiger partial charge in [-0.3, -0.25) is 9.59 Å². The van der Waals surface area contributed by atoms with Gasteiger partial charge in [0.05, 0.1) is 10.6 Å². The number of fused-ring (bicyclic) bond motifs is 1. The number of aromatic nitrogens is 2. The normalized spacial score (nSPS) is 16.4. The van der Waals surface area contributed by atoms with Gasteiger partial charge in [-0.15, -0.1) is 0 Å². The number of benzene rings is 2. The van der Waals surface area contributed by atoms with Crippen molar-refractivity contribution in [2.24, 2.45) is 0 Å². The van der Waals surface area contributed by atoms with Crippen molar-refractivity contribution in [1.82, 2.24) is 19.0 Å². The molecule has 0 bridgehead atoms. The molecule has 9 heteroatoms. The first kappa shape index (κ1) is 22.5. The monoisotopic (exact) mass is 478 g/mol. The number of amides is 1. The Kier molecular flexibility index (Phi) is 5.83. The van der Waals surface area contributed by atoms with E-state index in [9.17, 15) is 18.0 Å². The summed E-state index contributed by atoms with van der Waals surface area (Å²) >= 11 is 0. The van der Waals surface area contributed by atoms with Gasteiger partial charge in [0.2, 0.25) is 15.5 Å². The zero-order valence-electron chi connectivity index (χ0n) is 19.0. The lowest BCUT2D eigenvalue weighted by molar-refractivity contribution is 0.0688. The fraction of sp³-hybridized carbons (Fsp3) is 0.320. The minimum absolute atomic E-state index is 0.163. The fourth-order valence-corrected chi connectivity index (χ4v) is 6.14. The summed E-state index contributed by atoms with van der Waals surface area (Å²) in [6.45, 7) is 2.50. The van der Waals surface area contributed by atoms with Gasteiger partial charge in [-0.2, -0.15) is 9.40 Å². The Bertz CT molecular complexity index is 1410. The number of carbonyl (C=O) groups is 1. The van der Waals surface area contributed by atoms with E-state index in [1.165, 1.54) is 20.8 Å². The van der Waals surface area contributed by atoms with Crippen molar-refractivity contribution < 1.29 is 13.2 Å². The summed E-state index contributed by atoms with van der Waals surface area (Å²) in [4.78, 5) is 27.5. The number of aryl methyl sites for hydroxylation is 3. The van der Waals surface area contributed by atoms with E-state index in [0.717, 1.165) is 30.5 Å². The van der Waals surface area contributed by atoms with Crippen LogP contribution < -0.4 is 5.43 Å². The van der Waals surface area contributed by atoms with Gasteiger partial charge in [0.1, 0.15) is 0 Å². The maximum Gasteiger partial charge on any atom is 0.278 e. The molecule has 34 heavy (non-hydrogen) atoms. The highest BCUT2D eigenvalue weighted by atomic mass is 32.2. The number of rotatable bonds is 4. The Morgan fingerprint density at radius 3 is 2.35 bits per heavy atom. The topological polar surface area (TPSA) is 92.6 Å². The number of hydrogen-bond acceptors (Lipinski definition) is 5. The van der Waals surface area contributed by atoms with Crippen LogP contribution in [0.5, 0.6) is 0 Å². The average Bonchev–Trinajstić information content (AvgIpc) is 3.32. The molecule has 1 aliphatic heterocycles. The Morgan fingerprint density at radius 1 is 0.912 bits per heavy atom. The molecule has 1 fully saturated rings. The summed E-state index contributed by atoms with van der Waals surface area (Å²) in [5.41, 5.74) is 3.10. The Balaban J connectivity index is 1.33. The molecule has 0 radical (unpaired) electrons. The minimum atomic E-state index is -3.64. The van der Waals surface area contributed by atoms with Gasteiger partial charge >= 0.3 is 0 Å². The molecule has 5 rings (SSSR count). The molecule has 3 aromatic rings. The summed E-state index contributed by atoms with van der Waals surface area (Å²) < 4.78 is 29.4. The summed E-state index contributed by atoms with van der Waals surface area (Å²) in [5, 5.41) is 4.35. The van der Waals surface area contributed by atoms with Crippen LogP contribution in [0.1, 0.15) is 33.7 Å². The molecule has 176 valence electrons. The van der Waals surface area contributed by atoms with Gasteiger partial charge in [0, 0.05) is 37.9 Å². The SMILES string of the molecule is Cc1cc(=O)c(C(=O)N2CCN(S(=O)(=O)c3ccc4c(c3)CCC4)CC2)nn1-c1ccccc1. The average molecular weight is 479 g/mol. The van der Waals surface area contributed by atoms with Crippen molar-refractivity contribution >= 4 is 15.9 Å². The van der Waals surface area contributed by atoms with Crippen molar-refractivity contribution in [3.05, 3.63) is 87.3 Å². The largest absolute Gasteiger partial charge is 0.334 e. The molecule has 1 amide bonds. The maximum absolute atomic E-state index is 13.2. The van der Waals surface area contributed by atoms with Gasteiger partial charge in [-0.1, -0.05) is 24.3 Å². The highest BCUT2D eigenvalue weighted by molar-refractivity contribution is 7.89. The van der Waals surface area contributed by atoms with E-state index in [0.29, 0.717) is 10.6 Å². The Labute approximate surface area is 198 Å². The molecule has 2 heterocycles. The smallest absolute Gasteiger partial charge is 0.278 e. The number of piperazine rings is 1. The van der Waals surface area contributed by atoms with Crippen LogP contribution in [0.3, 0.4) is 0 Å². The fourth-order valence-electron chi connectivity index (χ4n) is 4.67. The van der Waals surface area contributed by atoms with E-state index in [1.807, 2.05) is 36.4 Å². The predicted octanol–water partition coefficient (Wildman–Crippen LogP) is 2.18. The molecule has 1 aromatic heterocycles. The summed E-state index contributed by atoms with van der Waals surface area (Å²) in [6, 6.07) is 16.1. The van der Waals surface area contributed by atoms with E-state index in [4.69, 9.17) is 0 Å². The Hall–Kier alpha value is -3.30. The zero-order chi connectivity index (χ0) is 23.9. The second kappa shape index (κ2) is 8.81.